The monoisotopic (exact) mass is 385 g/mol. The van der Waals surface area contributed by atoms with Crippen molar-refractivity contribution >= 4 is 23.0 Å². The second-order valence-corrected chi connectivity index (χ2v) is 7.11. The first kappa shape index (κ1) is 19.5. The average Bonchev–Trinajstić information content (AvgIpc) is 2.70. The number of nitrogens with zero attached hydrogens (tertiary/aromatic N) is 1. The van der Waals surface area contributed by atoms with Gasteiger partial charge in [0.25, 0.3) is 0 Å². The summed E-state index contributed by atoms with van der Waals surface area (Å²) in [5, 5.41) is 7.30. The fourth-order valence-electron chi connectivity index (χ4n) is 3.32. The number of hydrogen-bond acceptors (Lipinski definition) is 4. The molecule has 0 saturated carbocycles. The summed E-state index contributed by atoms with van der Waals surface area (Å²) in [6, 6.07) is 16.7. The van der Waals surface area contributed by atoms with Crippen LogP contribution >= 0.6 is 12.2 Å². The molecule has 27 heavy (non-hydrogen) atoms. The highest BCUT2D eigenvalue weighted by Crippen LogP contribution is 2.29. The molecule has 0 atom stereocenters. The molecule has 6 heteroatoms. The van der Waals surface area contributed by atoms with Crippen molar-refractivity contribution in [2.45, 2.75) is 25.4 Å². The van der Waals surface area contributed by atoms with Gasteiger partial charge in [-0.1, -0.05) is 30.3 Å². The van der Waals surface area contributed by atoms with Crippen LogP contribution in [0.3, 0.4) is 0 Å². The zero-order valence-corrected chi connectivity index (χ0v) is 16.7. The van der Waals surface area contributed by atoms with E-state index in [0.717, 1.165) is 43.9 Å². The van der Waals surface area contributed by atoms with E-state index in [1.165, 1.54) is 5.56 Å². The molecule has 0 unspecified atom stereocenters. The number of nitrogens with one attached hydrogen (secondary N) is 2. The van der Waals surface area contributed by atoms with Crippen LogP contribution in [0.2, 0.25) is 0 Å². The number of rotatable bonds is 6. The molecule has 2 aromatic carbocycles. The molecule has 1 aliphatic heterocycles. The lowest BCUT2D eigenvalue weighted by atomic mass is 10.0. The summed E-state index contributed by atoms with van der Waals surface area (Å²) in [6.45, 7) is 3.15. The molecule has 1 heterocycles. The van der Waals surface area contributed by atoms with E-state index in [2.05, 4.69) is 45.9 Å². The van der Waals surface area contributed by atoms with Gasteiger partial charge in [0, 0.05) is 31.7 Å². The van der Waals surface area contributed by atoms with Crippen LogP contribution in [0.4, 0.5) is 5.69 Å². The fraction of sp³-hybridized carbons (Fsp3) is 0.381. The lowest BCUT2D eigenvalue weighted by molar-refractivity contribution is 0.199. The largest absolute Gasteiger partial charge is 0.497 e. The number of methoxy groups -OCH3 is 2. The summed E-state index contributed by atoms with van der Waals surface area (Å²) in [5.41, 5.74) is 2.20. The van der Waals surface area contributed by atoms with E-state index in [9.17, 15) is 0 Å². The number of benzene rings is 2. The highest BCUT2D eigenvalue weighted by Gasteiger charge is 2.20. The van der Waals surface area contributed by atoms with Gasteiger partial charge in [0.15, 0.2) is 5.11 Å². The summed E-state index contributed by atoms with van der Waals surface area (Å²) in [6.07, 6.45) is 2.16. The molecule has 0 radical (unpaired) electrons. The lowest BCUT2D eigenvalue weighted by Crippen LogP contribution is -2.45. The molecular formula is C21H27N3O2S. The number of anilines is 1. The fourth-order valence-corrected chi connectivity index (χ4v) is 3.60. The highest BCUT2D eigenvalue weighted by atomic mass is 32.1. The van der Waals surface area contributed by atoms with Crippen LogP contribution < -0.4 is 20.1 Å². The first-order valence-electron chi connectivity index (χ1n) is 9.23. The van der Waals surface area contributed by atoms with Crippen LogP contribution in [0.15, 0.2) is 48.5 Å². The van der Waals surface area contributed by atoms with E-state index in [4.69, 9.17) is 21.7 Å². The van der Waals surface area contributed by atoms with Crippen LogP contribution in [0.1, 0.15) is 18.4 Å². The van der Waals surface area contributed by atoms with Gasteiger partial charge in [-0.15, -0.1) is 0 Å². The highest BCUT2D eigenvalue weighted by molar-refractivity contribution is 7.80. The van der Waals surface area contributed by atoms with Crippen LogP contribution in [-0.4, -0.2) is 43.4 Å². The van der Waals surface area contributed by atoms with Crippen LogP contribution in [-0.2, 0) is 6.54 Å². The maximum atomic E-state index is 5.50. The molecule has 0 spiro atoms. The van der Waals surface area contributed by atoms with E-state index < -0.39 is 0 Å². The Labute approximate surface area is 166 Å². The minimum Gasteiger partial charge on any atom is -0.497 e. The van der Waals surface area contributed by atoms with Crippen molar-refractivity contribution in [3.63, 3.8) is 0 Å². The first-order valence-corrected chi connectivity index (χ1v) is 9.64. The lowest BCUT2D eigenvalue weighted by Gasteiger charge is -2.33. The van der Waals surface area contributed by atoms with Crippen molar-refractivity contribution in [3.8, 4) is 11.5 Å². The summed E-state index contributed by atoms with van der Waals surface area (Å²) in [5.74, 6) is 1.46. The van der Waals surface area contributed by atoms with Gasteiger partial charge in [-0.3, -0.25) is 4.90 Å². The second kappa shape index (κ2) is 9.58. The third-order valence-electron chi connectivity index (χ3n) is 4.83. The van der Waals surface area contributed by atoms with E-state index in [-0.39, 0.29) is 0 Å². The molecule has 0 amide bonds. The molecule has 0 bridgehead atoms. The van der Waals surface area contributed by atoms with Gasteiger partial charge < -0.3 is 20.1 Å². The number of piperidine rings is 1. The summed E-state index contributed by atoms with van der Waals surface area (Å²) < 4.78 is 10.6. The maximum absolute atomic E-state index is 5.50. The summed E-state index contributed by atoms with van der Waals surface area (Å²) >= 11 is 5.50. The smallest absolute Gasteiger partial charge is 0.171 e. The molecular weight excluding hydrogens is 358 g/mol. The molecule has 0 aliphatic carbocycles. The molecule has 2 N–H and O–H groups in total. The van der Waals surface area contributed by atoms with E-state index in [1.54, 1.807) is 14.2 Å². The van der Waals surface area contributed by atoms with Gasteiger partial charge in [0.2, 0.25) is 0 Å². The number of thiocarbonyl (C=S) groups is 1. The van der Waals surface area contributed by atoms with Gasteiger partial charge in [-0.2, -0.15) is 0 Å². The van der Waals surface area contributed by atoms with Crippen molar-refractivity contribution in [3.05, 3.63) is 54.1 Å². The zero-order chi connectivity index (χ0) is 19.1. The zero-order valence-electron chi connectivity index (χ0n) is 15.9. The normalized spacial score (nSPS) is 15.2. The molecule has 2 aromatic rings. The van der Waals surface area contributed by atoms with Crippen molar-refractivity contribution in [1.29, 1.82) is 0 Å². The van der Waals surface area contributed by atoms with E-state index in [0.29, 0.717) is 16.9 Å². The standard InChI is InChI=1S/C21H27N3O2S/c1-25-18-8-9-19(20(14-18)26-2)23-21(27)22-17-10-12-24(13-11-17)15-16-6-4-3-5-7-16/h3-9,14,17H,10-13,15H2,1-2H3,(H2,22,23,27). The van der Waals surface area contributed by atoms with Crippen molar-refractivity contribution in [2.24, 2.45) is 0 Å². The Morgan fingerprint density at radius 3 is 2.48 bits per heavy atom. The number of likely N-dealkylation sites (tertiary alicyclic amines) is 1. The maximum Gasteiger partial charge on any atom is 0.171 e. The quantitative estimate of drug-likeness (QED) is 0.740. The minimum absolute atomic E-state index is 0.390. The molecule has 1 fully saturated rings. The van der Waals surface area contributed by atoms with Gasteiger partial charge in [-0.25, -0.2) is 0 Å². The molecule has 0 aromatic heterocycles. The minimum atomic E-state index is 0.390. The van der Waals surface area contributed by atoms with Gasteiger partial charge in [0.1, 0.15) is 11.5 Å². The Morgan fingerprint density at radius 1 is 1.07 bits per heavy atom. The average molecular weight is 386 g/mol. The van der Waals surface area contributed by atoms with Gasteiger partial charge in [0.05, 0.1) is 19.9 Å². The van der Waals surface area contributed by atoms with E-state index in [1.807, 2.05) is 18.2 Å². The molecule has 5 nitrogen and oxygen atoms in total. The predicted octanol–water partition coefficient (Wildman–Crippen LogP) is 3.65. The Hall–Kier alpha value is -2.31. The topological polar surface area (TPSA) is 45.8 Å². The Bertz CT molecular complexity index is 746. The molecule has 1 aliphatic rings. The van der Waals surface area contributed by atoms with Crippen molar-refractivity contribution < 1.29 is 9.47 Å². The second-order valence-electron chi connectivity index (χ2n) is 6.70. The Balaban J connectivity index is 1.47. The van der Waals surface area contributed by atoms with Gasteiger partial charge >= 0.3 is 0 Å². The first-order chi connectivity index (χ1) is 13.2. The van der Waals surface area contributed by atoms with Crippen LogP contribution in [0.5, 0.6) is 11.5 Å². The van der Waals surface area contributed by atoms with Crippen molar-refractivity contribution in [1.82, 2.24) is 10.2 Å². The number of ether oxygens (including phenoxy) is 2. The van der Waals surface area contributed by atoms with Crippen LogP contribution in [0.25, 0.3) is 0 Å². The summed E-state index contributed by atoms with van der Waals surface area (Å²) in [4.78, 5) is 2.50. The summed E-state index contributed by atoms with van der Waals surface area (Å²) in [7, 11) is 3.27. The van der Waals surface area contributed by atoms with Gasteiger partial charge in [-0.05, 0) is 42.8 Å². The van der Waals surface area contributed by atoms with E-state index >= 15 is 0 Å². The Kier molecular flexibility index (Phi) is 6.90. The predicted molar refractivity (Wildman–Crippen MR) is 114 cm³/mol. The van der Waals surface area contributed by atoms with Crippen molar-refractivity contribution in [2.75, 3.05) is 32.6 Å². The number of hydrogen-bond donors (Lipinski definition) is 2. The SMILES string of the molecule is COc1ccc(NC(=S)NC2CCN(Cc3ccccc3)CC2)c(OC)c1. The molecule has 3 rings (SSSR count). The Morgan fingerprint density at radius 2 is 1.81 bits per heavy atom. The van der Waals surface area contributed by atoms with Crippen LogP contribution in [0, 0.1) is 0 Å². The third kappa shape index (κ3) is 5.58. The molecule has 144 valence electrons. The molecule has 1 saturated heterocycles. The third-order valence-corrected chi connectivity index (χ3v) is 5.05.